The summed E-state index contributed by atoms with van der Waals surface area (Å²) in [5.74, 6) is -0.339. The fourth-order valence-electron chi connectivity index (χ4n) is 3.02. The fraction of sp³-hybridized carbons (Fsp3) is 0. The molecule has 0 aliphatic carbocycles. The van der Waals surface area contributed by atoms with Gasteiger partial charge in [-0.1, -0.05) is 65.7 Å². The van der Waals surface area contributed by atoms with Gasteiger partial charge in [-0.05, 0) is 48.6 Å². The molecule has 2 N–H and O–H groups in total. The number of thiocarbonyl (C=S) groups is 1. The van der Waals surface area contributed by atoms with Crippen LogP contribution in [0.2, 0.25) is 10.0 Å². The molecule has 0 aliphatic rings. The first-order valence-corrected chi connectivity index (χ1v) is 10.2. The molecule has 0 aliphatic heterocycles. The Bertz CT molecular complexity index is 1260. The van der Waals surface area contributed by atoms with Crippen molar-refractivity contribution in [1.82, 2.24) is 10.3 Å². The van der Waals surface area contributed by atoms with Crippen LogP contribution in [0.3, 0.4) is 0 Å². The number of pyridine rings is 1. The summed E-state index contributed by atoms with van der Waals surface area (Å²) in [4.78, 5) is 17.7. The number of carbonyl (C=O) groups is 1. The van der Waals surface area contributed by atoms with E-state index in [1.165, 1.54) is 0 Å². The molecule has 0 bridgehead atoms. The molecule has 4 nitrogen and oxygen atoms in total. The molecule has 0 unspecified atom stereocenters. The van der Waals surface area contributed by atoms with Crippen LogP contribution in [0.1, 0.15) is 10.4 Å². The van der Waals surface area contributed by atoms with E-state index in [-0.39, 0.29) is 11.0 Å². The lowest BCUT2D eigenvalue weighted by Gasteiger charge is -2.13. The van der Waals surface area contributed by atoms with Crippen LogP contribution < -0.4 is 10.6 Å². The number of anilines is 1. The van der Waals surface area contributed by atoms with E-state index in [0.717, 1.165) is 10.9 Å². The highest BCUT2D eigenvalue weighted by Crippen LogP contribution is 2.26. The van der Waals surface area contributed by atoms with Crippen molar-refractivity contribution < 1.29 is 4.79 Å². The Morgan fingerprint density at radius 1 is 0.900 bits per heavy atom. The monoisotopic (exact) mass is 451 g/mol. The van der Waals surface area contributed by atoms with Gasteiger partial charge in [-0.25, -0.2) is 4.98 Å². The molecule has 0 radical (unpaired) electrons. The molecule has 0 atom stereocenters. The molecule has 1 aromatic heterocycles. The lowest BCUT2D eigenvalue weighted by Crippen LogP contribution is -2.34. The van der Waals surface area contributed by atoms with Crippen molar-refractivity contribution in [3.63, 3.8) is 0 Å². The minimum atomic E-state index is -0.339. The molecule has 4 aromatic rings. The Morgan fingerprint density at radius 3 is 2.37 bits per heavy atom. The smallest absolute Gasteiger partial charge is 0.258 e. The Morgan fingerprint density at radius 2 is 1.60 bits per heavy atom. The van der Waals surface area contributed by atoms with Crippen molar-refractivity contribution in [2.75, 3.05) is 5.32 Å². The van der Waals surface area contributed by atoms with Gasteiger partial charge >= 0.3 is 0 Å². The van der Waals surface area contributed by atoms with Gasteiger partial charge in [0.1, 0.15) is 0 Å². The number of fused-ring (bicyclic) bond motifs is 1. The van der Waals surface area contributed by atoms with E-state index in [9.17, 15) is 4.79 Å². The molecule has 0 spiro atoms. The summed E-state index contributed by atoms with van der Waals surface area (Å²) >= 11 is 17.4. The molecule has 0 fully saturated rings. The molecule has 148 valence electrons. The third-order valence-corrected chi connectivity index (χ3v) is 5.24. The summed E-state index contributed by atoms with van der Waals surface area (Å²) in [5.41, 5.74) is 3.32. The van der Waals surface area contributed by atoms with Crippen LogP contribution in [0.5, 0.6) is 0 Å². The van der Waals surface area contributed by atoms with Crippen molar-refractivity contribution in [1.29, 1.82) is 0 Å². The maximum atomic E-state index is 13.1. The average Bonchev–Trinajstić information content (AvgIpc) is 2.75. The first kappa shape index (κ1) is 20.3. The zero-order valence-electron chi connectivity index (χ0n) is 15.5. The van der Waals surface area contributed by atoms with Crippen LogP contribution in [0.4, 0.5) is 5.69 Å². The van der Waals surface area contributed by atoms with Crippen LogP contribution in [0.15, 0.2) is 78.9 Å². The number of nitrogens with zero attached hydrogens (tertiary/aromatic N) is 1. The number of halogens is 2. The summed E-state index contributed by atoms with van der Waals surface area (Å²) < 4.78 is 0. The second kappa shape index (κ2) is 8.79. The molecule has 1 amide bonds. The standard InChI is InChI=1S/C23H15Cl2N3OS/c24-15-11-9-14(10-12-15)21-13-17(16-5-1-3-7-19(16)26-21)22(29)28-23(30)27-20-8-4-2-6-18(20)25/h1-13H,(H2,27,28,29,30). The number of benzene rings is 3. The number of nitrogens with one attached hydrogen (secondary N) is 2. The summed E-state index contributed by atoms with van der Waals surface area (Å²) in [5, 5.41) is 7.70. The van der Waals surface area contributed by atoms with Gasteiger partial charge in [-0.15, -0.1) is 0 Å². The van der Waals surface area contributed by atoms with E-state index in [1.54, 1.807) is 30.3 Å². The van der Waals surface area contributed by atoms with Gasteiger partial charge in [0, 0.05) is 16.0 Å². The Kier molecular flexibility index (Phi) is 5.95. The molecule has 3 aromatic carbocycles. The quantitative estimate of drug-likeness (QED) is 0.357. The summed E-state index contributed by atoms with van der Waals surface area (Å²) in [6.07, 6.45) is 0. The van der Waals surface area contributed by atoms with Crippen molar-refractivity contribution >= 4 is 63.0 Å². The fourth-order valence-corrected chi connectivity index (χ4v) is 3.53. The first-order valence-electron chi connectivity index (χ1n) is 9.04. The normalized spacial score (nSPS) is 10.6. The van der Waals surface area contributed by atoms with E-state index < -0.39 is 0 Å². The lowest BCUT2D eigenvalue weighted by atomic mass is 10.0. The van der Waals surface area contributed by atoms with Crippen LogP contribution in [-0.2, 0) is 0 Å². The first-order chi connectivity index (χ1) is 14.5. The SMILES string of the molecule is O=C(NC(=S)Nc1ccccc1Cl)c1cc(-c2ccc(Cl)cc2)nc2ccccc12. The predicted octanol–water partition coefficient (Wildman–Crippen LogP) is 6.34. The van der Waals surface area contributed by atoms with E-state index >= 15 is 0 Å². The Hall–Kier alpha value is -2.99. The van der Waals surface area contributed by atoms with Crippen molar-refractivity contribution in [2.45, 2.75) is 0 Å². The van der Waals surface area contributed by atoms with Crippen LogP contribution >= 0.6 is 35.4 Å². The van der Waals surface area contributed by atoms with Gasteiger partial charge < -0.3 is 5.32 Å². The number of hydrogen-bond donors (Lipinski definition) is 2. The van der Waals surface area contributed by atoms with E-state index in [0.29, 0.717) is 32.5 Å². The summed E-state index contributed by atoms with van der Waals surface area (Å²) in [7, 11) is 0. The molecule has 0 saturated carbocycles. The van der Waals surface area contributed by atoms with Crippen molar-refractivity contribution in [3.8, 4) is 11.3 Å². The second-order valence-electron chi connectivity index (χ2n) is 6.47. The maximum Gasteiger partial charge on any atom is 0.258 e. The van der Waals surface area contributed by atoms with Crippen LogP contribution in [-0.4, -0.2) is 16.0 Å². The van der Waals surface area contributed by atoms with Gasteiger partial charge in [0.05, 0.1) is 27.5 Å². The highest BCUT2D eigenvalue weighted by Gasteiger charge is 2.15. The van der Waals surface area contributed by atoms with Gasteiger partial charge in [0.15, 0.2) is 5.11 Å². The average molecular weight is 452 g/mol. The topological polar surface area (TPSA) is 54.0 Å². The molecule has 7 heteroatoms. The number of carbonyl (C=O) groups excluding carboxylic acids is 1. The minimum Gasteiger partial charge on any atom is -0.331 e. The molecule has 4 rings (SSSR count). The highest BCUT2D eigenvalue weighted by atomic mass is 35.5. The van der Waals surface area contributed by atoms with Crippen molar-refractivity contribution in [3.05, 3.63) is 94.5 Å². The predicted molar refractivity (Wildman–Crippen MR) is 127 cm³/mol. The van der Waals surface area contributed by atoms with Gasteiger partial charge in [0.25, 0.3) is 5.91 Å². The third-order valence-electron chi connectivity index (χ3n) is 4.45. The van der Waals surface area contributed by atoms with E-state index in [4.69, 9.17) is 35.4 Å². The van der Waals surface area contributed by atoms with E-state index in [1.807, 2.05) is 48.5 Å². The zero-order chi connectivity index (χ0) is 21.1. The zero-order valence-corrected chi connectivity index (χ0v) is 17.9. The Labute approximate surface area is 188 Å². The highest BCUT2D eigenvalue weighted by molar-refractivity contribution is 7.80. The third kappa shape index (κ3) is 4.44. The van der Waals surface area contributed by atoms with Gasteiger partial charge in [-0.2, -0.15) is 0 Å². The van der Waals surface area contributed by atoms with Gasteiger partial charge in [0.2, 0.25) is 0 Å². The summed E-state index contributed by atoms with van der Waals surface area (Å²) in [6.45, 7) is 0. The number of rotatable bonds is 3. The van der Waals surface area contributed by atoms with Crippen LogP contribution in [0.25, 0.3) is 22.2 Å². The number of amides is 1. The summed E-state index contributed by atoms with van der Waals surface area (Å²) in [6, 6.07) is 23.7. The maximum absolute atomic E-state index is 13.1. The number of aromatic nitrogens is 1. The lowest BCUT2D eigenvalue weighted by molar-refractivity contribution is 0.0979. The number of para-hydroxylation sites is 2. The molecular formula is C23H15Cl2N3OS. The van der Waals surface area contributed by atoms with E-state index in [2.05, 4.69) is 15.6 Å². The number of hydrogen-bond acceptors (Lipinski definition) is 3. The molecule has 30 heavy (non-hydrogen) atoms. The van der Waals surface area contributed by atoms with Crippen molar-refractivity contribution in [2.24, 2.45) is 0 Å². The largest absolute Gasteiger partial charge is 0.331 e. The Balaban J connectivity index is 1.66. The van der Waals surface area contributed by atoms with Crippen LogP contribution in [0, 0.1) is 0 Å². The molecule has 1 heterocycles. The van der Waals surface area contributed by atoms with Gasteiger partial charge in [-0.3, -0.25) is 10.1 Å². The molecular weight excluding hydrogens is 437 g/mol. The minimum absolute atomic E-state index is 0.155. The second-order valence-corrected chi connectivity index (χ2v) is 7.72. The molecule has 0 saturated heterocycles.